The highest BCUT2D eigenvalue weighted by Gasteiger charge is 2.18. The number of rotatable bonds is 4. The lowest BCUT2D eigenvalue weighted by Crippen LogP contribution is -2.26. The fraction of sp³-hybridized carbons (Fsp3) is 0.615. The molecule has 3 heteroatoms. The zero-order valence-corrected chi connectivity index (χ0v) is 11.3. The van der Waals surface area contributed by atoms with Gasteiger partial charge in [-0.15, -0.1) is 0 Å². The summed E-state index contributed by atoms with van der Waals surface area (Å²) >= 11 is 3.41. The molecule has 2 rings (SSSR count). The highest BCUT2D eigenvalue weighted by molar-refractivity contribution is 9.08. The minimum atomic E-state index is 0.214. The van der Waals surface area contributed by atoms with Crippen LogP contribution in [0.4, 0.5) is 0 Å². The van der Waals surface area contributed by atoms with Crippen molar-refractivity contribution in [1.29, 1.82) is 0 Å². The van der Waals surface area contributed by atoms with Crippen LogP contribution in [0.3, 0.4) is 0 Å². The van der Waals surface area contributed by atoms with Gasteiger partial charge in [0.1, 0.15) is 0 Å². The normalized spacial score (nSPS) is 14.1. The summed E-state index contributed by atoms with van der Waals surface area (Å²) in [7, 11) is 0. The van der Waals surface area contributed by atoms with E-state index in [4.69, 9.17) is 0 Å². The van der Waals surface area contributed by atoms with Crippen molar-refractivity contribution in [3.8, 4) is 0 Å². The Morgan fingerprint density at radius 3 is 2.94 bits per heavy atom. The Bertz CT molecular complexity index is 436. The van der Waals surface area contributed by atoms with Crippen LogP contribution in [0.15, 0.2) is 10.9 Å². The molecular formula is C13H18BrNO. The van der Waals surface area contributed by atoms with Gasteiger partial charge in [-0.1, -0.05) is 29.3 Å². The lowest BCUT2D eigenvalue weighted by Gasteiger charge is -2.13. The second-order valence-corrected chi connectivity index (χ2v) is 5.00. The summed E-state index contributed by atoms with van der Waals surface area (Å²) in [5.74, 6) is 0. The lowest BCUT2D eigenvalue weighted by atomic mass is 10.1. The van der Waals surface area contributed by atoms with Crippen LogP contribution in [0.2, 0.25) is 0 Å². The molecule has 1 aromatic heterocycles. The SMILES string of the molecule is CCCCn1c2c(cc(CBr)c1=O)CCC2. The number of unbranched alkanes of at least 4 members (excludes halogenated alkanes) is 1. The third-order valence-electron chi connectivity index (χ3n) is 3.30. The number of nitrogens with zero attached hydrogens (tertiary/aromatic N) is 1. The fourth-order valence-corrected chi connectivity index (χ4v) is 2.83. The maximum Gasteiger partial charge on any atom is 0.254 e. The number of hydrogen-bond acceptors (Lipinski definition) is 1. The molecule has 0 saturated heterocycles. The van der Waals surface area contributed by atoms with Crippen LogP contribution in [-0.2, 0) is 24.7 Å². The molecule has 0 amide bonds. The molecule has 0 radical (unpaired) electrons. The molecule has 0 fully saturated rings. The molecule has 2 nitrogen and oxygen atoms in total. The summed E-state index contributed by atoms with van der Waals surface area (Å²) in [6.45, 7) is 3.05. The summed E-state index contributed by atoms with van der Waals surface area (Å²) in [4.78, 5) is 12.2. The van der Waals surface area contributed by atoms with Crippen LogP contribution in [0.1, 0.15) is 43.0 Å². The van der Waals surface area contributed by atoms with Crippen LogP contribution in [0.5, 0.6) is 0 Å². The Labute approximate surface area is 105 Å². The molecule has 88 valence electrons. The first kappa shape index (κ1) is 11.9. The average molecular weight is 284 g/mol. The summed E-state index contributed by atoms with van der Waals surface area (Å²) in [5.41, 5.74) is 3.82. The van der Waals surface area contributed by atoms with E-state index < -0.39 is 0 Å². The van der Waals surface area contributed by atoms with E-state index in [0.717, 1.165) is 37.8 Å². The van der Waals surface area contributed by atoms with Gasteiger partial charge < -0.3 is 4.57 Å². The molecule has 0 spiro atoms. The van der Waals surface area contributed by atoms with Crippen molar-refractivity contribution in [2.24, 2.45) is 0 Å². The molecule has 1 aliphatic carbocycles. The largest absolute Gasteiger partial charge is 0.312 e. The highest BCUT2D eigenvalue weighted by Crippen LogP contribution is 2.22. The topological polar surface area (TPSA) is 22.0 Å². The molecule has 16 heavy (non-hydrogen) atoms. The van der Waals surface area contributed by atoms with Crippen molar-refractivity contribution in [1.82, 2.24) is 4.57 Å². The van der Waals surface area contributed by atoms with Crippen molar-refractivity contribution in [3.63, 3.8) is 0 Å². The van der Waals surface area contributed by atoms with Crippen LogP contribution in [-0.4, -0.2) is 4.57 Å². The van der Waals surface area contributed by atoms with E-state index in [9.17, 15) is 4.79 Å². The molecule has 0 aliphatic heterocycles. The maximum absolute atomic E-state index is 12.2. The van der Waals surface area contributed by atoms with Crippen molar-refractivity contribution in [3.05, 3.63) is 33.2 Å². The van der Waals surface area contributed by atoms with E-state index in [1.807, 2.05) is 4.57 Å². The second kappa shape index (κ2) is 5.17. The Morgan fingerprint density at radius 1 is 1.44 bits per heavy atom. The predicted molar refractivity (Wildman–Crippen MR) is 70.3 cm³/mol. The van der Waals surface area contributed by atoms with Gasteiger partial charge in [-0.25, -0.2) is 0 Å². The quantitative estimate of drug-likeness (QED) is 0.779. The van der Waals surface area contributed by atoms with Gasteiger partial charge in [0.15, 0.2) is 0 Å². The third kappa shape index (κ3) is 2.10. The van der Waals surface area contributed by atoms with E-state index >= 15 is 0 Å². The van der Waals surface area contributed by atoms with E-state index in [1.165, 1.54) is 17.7 Å². The molecule has 1 aromatic rings. The number of fused-ring (bicyclic) bond motifs is 1. The van der Waals surface area contributed by atoms with Gasteiger partial charge in [0.2, 0.25) is 0 Å². The van der Waals surface area contributed by atoms with E-state index in [-0.39, 0.29) is 5.56 Å². The first-order valence-electron chi connectivity index (χ1n) is 6.08. The summed E-state index contributed by atoms with van der Waals surface area (Å²) < 4.78 is 2.02. The molecule has 0 aromatic carbocycles. The van der Waals surface area contributed by atoms with Crippen LogP contribution in [0, 0.1) is 0 Å². The van der Waals surface area contributed by atoms with Gasteiger partial charge in [0, 0.05) is 23.1 Å². The maximum atomic E-state index is 12.2. The van der Waals surface area contributed by atoms with Gasteiger partial charge in [-0.2, -0.15) is 0 Å². The monoisotopic (exact) mass is 283 g/mol. The van der Waals surface area contributed by atoms with Crippen molar-refractivity contribution < 1.29 is 0 Å². The number of alkyl halides is 1. The smallest absolute Gasteiger partial charge is 0.254 e. The van der Waals surface area contributed by atoms with Gasteiger partial charge in [0.05, 0.1) is 0 Å². The summed E-state index contributed by atoms with van der Waals surface area (Å²) in [5, 5.41) is 0.672. The Morgan fingerprint density at radius 2 is 2.25 bits per heavy atom. The third-order valence-corrected chi connectivity index (χ3v) is 3.91. The zero-order chi connectivity index (χ0) is 11.5. The number of pyridine rings is 1. The number of aromatic nitrogens is 1. The molecule has 0 N–H and O–H groups in total. The Balaban J connectivity index is 2.47. The minimum Gasteiger partial charge on any atom is -0.312 e. The van der Waals surface area contributed by atoms with Crippen molar-refractivity contribution in [2.45, 2.75) is 50.9 Å². The minimum absolute atomic E-state index is 0.214. The first-order valence-corrected chi connectivity index (χ1v) is 7.20. The van der Waals surface area contributed by atoms with Gasteiger partial charge >= 0.3 is 0 Å². The van der Waals surface area contributed by atoms with Gasteiger partial charge in [-0.05, 0) is 37.3 Å². The van der Waals surface area contributed by atoms with Crippen molar-refractivity contribution >= 4 is 15.9 Å². The number of hydrogen-bond donors (Lipinski definition) is 0. The predicted octanol–water partition coefficient (Wildman–Crippen LogP) is 3.03. The number of halogens is 1. The Hall–Kier alpha value is -0.570. The van der Waals surface area contributed by atoms with Crippen LogP contribution < -0.4 is 5.56 Å². The summed E-state index contributed by atoms with van der Waals surface area (Å²) in [6, 6.07) is 2.10. The molecule has 0 unspecified atom stereocenters. The van der Waals surface area contributed by atoms with E-state index in [1.54, 1.807) is 0 Å². The van der Waals surface area contributed by atoms with Crippen LogP contribution >= 0.6 is 15.9 Å². The standard InChI is InChI=1S/C13H18BrNO/c1-2-3-7-15-12-6-4-5-10(12)8-11(9-14)13(15)16/h8H,2-7,9H2,1H3. The number of aryl methyl sites for hydroxylation is 1. The van der Waals surface area contributed by atoms with Crippen molar-refractivity contribution in [2.75, 3.05) is 0 Å². The highest BCUT2D eigenvalue weighted by atomic mass is 79.9. The molecule has 0 saturated carbocycles. The Kier molecular flexibility index (Phi) is 3.85. The molecule has 0 bridgehead atoms. The molecule has 1 heterocycles. The molecule has 1 aliphatic rings. The molecular weight excluding hydrogens is 266 g/mol. The van der Waals surface area contributed by atoms with Crippen LogP contribution in [0.25, 0.3) is 0 Å². The van der Waals surface area contributed by atoms with E-state index in [2.05, 4.69) is 28.9 Å². The van der Waals surface area contributed by atoms with E-state index in [0.29, 0.717) is 5.33 Å². The molecule has 0 atom stereocenters. The van der Waals surface area contributed by atoms with Gasteiger partial charge in [-0.3, -0.25) is 4.79 Å². The summed E-state index contributed by atoms with van der Waals surface area (Å²) in [6.07, 6.45) is 5.66. The second-order valence-electron chi connectivity index (χ2n) is 4.44. The fourth-order valence-electron chi connectivity index (χ4n) is 2.43. The lowest BCUT2D eigenvalue weighted by molar-refractivity contribution is 0.587. The zero-order valence-electron chi connectivity index (χ0n) is 9.76. The average Bonchev–Trinajstić information content (AvgIpc) is 2.75. The first-order chi connectivity index (χ1) is 7.77. The van der Waals surface area contributed by atoms with Gasteiger partial charge in [0.25, 0.3) is 5.56 Å².